The van der Waals surface area contributed by atoms with E-state index in [1.54, 1.807) is 19.2 Å². The number of rotatable bonds is 5. The zero-order chi connectivity index (χ0) is 18.2. The van der Waals surface area contributed by atoms with Crippen LogP contribution < -0.4 is 5.32 Å². The lowest BCUT2D eigenvalue weighted by molar-refractivity contribution is -0.132. The van der Waals surface area contributed by atoms with Crippen LogP contribution in [0.5, 0.6) is 0 Å². The second kappa shape index (κ2) is 9.39. The first-order chi connectivity index (χ1) is 12.0. The summed E-state index contributed by atoms with van der Waals surface area (Å²) in [5.74, 6) is 1.29. The number of hydrogen-bond acceptors (Lipinski definition) is 2. The van der Waals surface area contributed by atoms with Crippen LogP contribution >= 0.6 is 0 Å². The highest BCUT2D eigenvalue weighted by molar-refractivity contribution is 5.81. The molecule has 0 bridgehead atoms. The van der Waals surface area contributed by atoms with Crippen LogP contribution in [0.15, 0.2) is 29.3 Å². The maximum absolute atomic E-state index is 13.0. The molecule has 1 aliphatic heterocycles. The van der Waals surface area contributed by atoms with Crippen molar-refractivity contribution in [1.82, 2.24) is 15.1 Å². The first-order valence-corrected chi connectivity index (χ1v) is 8.93. The summed E-state index contributed by atoms with van der Waals surface area (Å²) in [4.78, 5) is 20.5. The van der Waals surface area contributed by atoms with Crippen LogP contribution in [0, 0.1) is 11.7 Å². The number of nitrogens with one attached hydrogen (secondary N) is 1. The largest absolute Gasteiger partial charge is 0.356 e. The van der Waals surface area contributed by atoms with E-state index in [2.05, 4.69) is 17.2 Å². The Kier molecular flexibility index (Phi) is 7.22. The normalized spacial score (nSPS) is 18.2. The van der Waals surface area contributed by atoms with Crippen LogP contribution in [0.3, 0.4) is 0 Å². The van der Waals surface area contributed by atoms with Crippen molar-refractivity contribution in [3.05, 3.63) is 35.6 Å². The molecule has 2 rings (SSSR count). The van der Waals surface area contributed by atoms with E-state index in [4.69, 9.17) is 0 Å². The molecular weight excluding hydrogens is 319 g/mol. The average Bonchev–Trinajstić information content (AvgIpc) is 2.60. The molecule has 6 heteroatoms. The number of amides is 1. The molecule has 5 nitrogen and oxygen atoms in total. The van der Waals surface area contributed by atoms with Gasteiger partial charge < -0.3 is 15.1 Å². The Bertz CT molecular complexity index is 588. The molecule has 0 aromatic heterocycles. The van der Waals surface area contributed by atoms with Gasteiger partial charge in [-0.05, 0) is 36.5 Å². The quantitative estimate of drug-likeness (QED) is 0.657. The van der Waals surface area contributed by atoms with Gasteiger partial charge in [-0.15, -0.1) is 0 Å². The molecule has 1 amide bonds. The summed E-state index contributed by atoms with van der Waals surface area (Å²) >= 11 is 0. The molecule has 0 saturated carbocycles. The van der Waals surface area contributed by atoms with Gasteiger partial charge in [-0.1, -0.05) is 19.1 Å². The number of likely N-dealkylation sites (tertiary alicyclic amines) is 1. The van der Waals surface area contributed by atoms with Gasteiger partial charge in [-0.2, -0.15) is 0 Å². The van der Waals surface area contributed by atoms with Crippen molar-refractivity contribution >= 4 is 11.9 Å². The fraction of sp³-hybridized carbons (Fsp3) is 0.579. The molecule has 25 heavy (non-hydrogen) atoms. The van der Waals surface area contributed by atoms with Gasteiger partial charge in [0.1, 0.15) is 5.82 Å². The van der Waals surface area contributed by atoms with Crippen LogP contribution in [0.25, 0.3) is 0 Å². The predicted octanol–water partition coefficient (Wildman–Crippen LogP) is 2.48. The van der Waals surface area contributed by atoms with Crippen molar-refractivity contribution < 1.29 is 9.18 Å². The standard InChI is InChI=1S/C19H29FN4O/c1-15-5-4-12-24(13-15)18(25)10-11-22-19(21-2)23(3)14-16-6-8-17(20)9-7-16/h6-9,15H,4-5,10-14H2,1-3H3,(H,21,22). The first-order valence-electron chi connectivity index (χ1n) is 8.93. The molecule has 1 atom stereocenters. The minimum atomic E-state index is -0.237. The highest BCUT2D eigenvalue weighted by atomic mass is 19.1. The maximum atomic E-state index is 13.0. The van der Waals surface area contributed by atoms with Gasteiger partial charge in [0.15, 0.2) is 5.96 Å². The first kappa shape index (κ1) is 19.2. The average molecular weight is 348 g/mol. The lowest BCUT2D eigenvalue weighted by Gasteiger charge is -2.31. The second-order valence-electron chi connectivity index (χ2n) is 6.79. The maximum Gasteiger partial charge on any atom is 0.224 e. The lowest BCUT2D eigenvalue weighted by Crippen LogP contribution is -2.42. The monoisotopic (exact) mass is 348 g/mol. The van der Waals surface area contributed by atoms with Gasteiger partial charge in [-0.3, -0.25) is 9.79 Å². The van der Waals surface area contributed by atoms with Crippen molar-refractivity contribution in [1.29, 1.82) is 0 Å². The molecule has 1 unspecified atom stereocenters. The SMILES string of the molecule is CN=C(NCCC(=O)N1CCCC(C)C1)N(C)Cc1ccc(F)cc1. The molecule has 1 aromatic rings. The van der Waals surface area contributed by atoms with E-state index in [9.17, 15) is 9.18 Å². The van der Waals surface area contributed by atoms with Gasteiger partial charge >= 0.3 is 0 Å². The van der Waals surface area contributed by atoms with E-state index < -0.39 is 0 Å². The van der Waals surface area contributed by atoms with Crippen LogP contribution in [-0.2, 0) is 11.3 Å². The molecule has 0 aliphatic carbocycles. The number of nitrogens with zero attached hydrogens (tertiary/aromatic N) is 3. The Balaban J connectivity index is 1.77. The summed E-state index contributed by atoms with van der Waals surface area (Å²) in [5.41, 5.74) is 1.00. The number of carbonyl (C=O) groups is 1. The summed E-state index contributed by atoms with van der Waals surface area (Å²) in [5, 5.41) is 3.24. The van der Waals surface area contributed by atoms with E-state index in [-0.39, 0.29) is 11.7 Å². The summed E-state index contributed by atoms with van der Waals surface area (Å²) in [7, 11) is 3.64. The Labute approximate surface area is 149 Å². The molecule has 1 aliphatic rings. The summed E-state index contributed by atoms with van der Waals surface area (Å²) in [6, 6.07) is 6.44. The molecule has 1 saturated heterocycles. The third kappa shape index (κ3) is 6.03. The lowest BCUT2D eigenvalue weighted by atomic mass is 10.00. The molecule has 1 N–H and O–H groups in total. The van der Waals surface area contributed by atoms with E-state index in [0.717, 1.165) is 31.0 Å². The van der Waals surface area contributed by atoms with Gasteiger partial charge in [0.05, 0.1) is 0 Å². The number of piperidine rings is 1. The fourth-order valence-corrected chi connectivity index (χ4v) is 3.18. The number of aliphatic imine (C=N–C) groups is 1. The number of guanidine groups is 1. The van der Waals surface area contributed by atoms with E-state index in [0.29, 0.717) is 25.4 Å². The second-order valence-corrected chi connectivity index (χ2v) is 6.79. The molecule has 1 heterocycles. The molecule has 1 fully saturated rings. The minimum Gasteiger partial charge on any atom is -0.356 e. The molecule has 0 spiro atoms. The Morgan fingerprint density at radius 3 is 2.76 bits per heavy atom. The fourth-order valence-electron chi connectivity index (χ4n) is 3.18. The third-order valence-electron chi connectivity index (χ3n) is 4.54. The highest BCUT2D eigenvalue weighted by Crippen LogP contribution is 2.15. The number of hydrogen-bond donors (Lipinski definition) is 1. The minimum absolute atomic E-state index is 0.204. The van der Waals surface area contributed by atoms with Gasteiger partial charge in [0.2, 0.25) is 5.91 Å². The summed E-state index contributed by atoms with van der Waals surface area (Å²) < 4.78 is 13.0. The summed E-state index contributed by atoms with van der Waals surface area (Å²) in [6.45, 7) is 5.13. The predicted molar refractivity (Wildman–Crippen MR) is 98.8 cm³/mol. The zero-order valence-electron chi connectivity index (χ0n) is 15.5. The topological polar surface area (TPSA) is 47.9 Å². The van der Waals surface area contributed by atoms with E-state index >= 15 is 0 Å². The van der Waals surface area contributed by atoms with Crippen LogP contribution in [0.2, 0.25) is 0 Å². The number of halogens is 1. The van der Waals surface area contributed by atoms with Crippen molar-refractivity contribution in [3.63, 3.8) is 0 Å². The van der Waals surface area contributed by atoms with E-state index in [1.165, 1.54) is 18.6 Å². The zero-order valence-corrected chi connectivity index (χ0v) is 15.5. The van der Waals surface area contributed by atoms with Crippen LogP contribution in [0.4, 0.5) is 4.39 Å². The van der Waals surface area contributed by atoms with Crippen molar-refractivity contribution in [2.75, 3.05) is 33.7 Å². The van der Waals surface area contributed by atoms with Crippen molar-refractivity contribution in [3.8, 4) is 0 Å². The highest BCUT2D eigenvalue weighted by Gasteiger charge is 2.20. The smallest absolute Gasteiger partial charge is 0.224 e. The van der Waals surface area contributed by atoms with E-state index in [1.807, 2.05) is 16.8 Å². The number of carbonyl (C=O) groups excluding carboxylic acids is 1. The van der Waals surface area contributed by atoms with Gasteiger partial charge in [0.25, 0.3) is 0 Å². The molecule has 138 valence electrons. The third-order valence-corrected chi connectivity index (χ3v) is 4.54. The molecule has 1 aromatic carbocycles. The Morgan fingerprint density at radius 1 is 1.40 bits per heavy atom. The summed E-state index contributed by atoms with van der Waals surface area (Å²) in [6.07, 6.45) is 2.78. The van der Waals surface area contributed by atoms with Crippen LogP contribution in [-0.4, -0.2) is 55.4 Å². The van der Waals surface area contributed by atoms with Gasteiger partial charge in [0, 0.05) is 46.7 Å². The number of benzene rings is 1. The Hall–Kier alpha value is -2.11. The van der Waals surface area contributed by atoms with Crippen LogP contribution in [0.1, 0.15) is 31.7 Å². The molecule has 0 radical (unpaired) electrons. The van der Waals surface area contributed by atoms with Gasteiger partial charge in [-0.25, -0.2) is 4.39 Å². The molecular formula is C19H29FN4O. The van der Waals surface area contributed by atoms with Crippen molar-refractivity contribution in [2.24, 2.45) is 10.9 Å². The Morgan fingerprint density at radius 2 is 2.12 bits per heavy atom. The van der Waals surface area contributed by atoms with Crippen molar-refractivity contribution in [2.45, 2.75) is 32.7 Å².